The van der Waals surface area contributed by atoms with Crippen molar-refractivity contribution in [2.24, 2.45) is 4.99 Å². The quantitative estimate of drug-likeness (QED) is 0.254. The highest BCUT2D eigenvalue weighted by molar-refractivity contribution is 14.0. The van der Waals surface area contributed by atoms with Crippen molar-refractivity contribution < 1.29 is 17.5 Å². The zero-order chi connectivity index (χ0) is 19.9. The van der Waals surface area contributed by atoms with Crippen LogP contribution >= 0.6 is 24.0 Å². The van der Waals surface area contributed by atoms with Crippen LogP contribution in [-0.2, 0) is 16.4 Å². The van der Waals surface area contributed by atoms with Crippen LogP contribution in [0.2, 0.25) is 0 Å². The number of hydrogen-bond acceptors (Lipinski definition) is 4. The van der Waals surface area contributed by atoms with Gasteiger partial charge in [-0.25, -0.2) is 12.8 Å². The minimum atomic E-state index is -3.22. The van der Waals surface area contributed by atoms with Gasteiger partial charge >= 0.3 is 0 Å². The van der Waals surface area contributed by atoms with Gasteiger partial charge in [0.15, 0.2) is 15.8 Å². The Hall–Kier alpha value is -1.88. The molecule has 0 heterocycles. The zero-order valence-corrected chi connectivity index (χ0v) is 19.2. The van der Waals surface area contributed by atoms with Crippen molar-refractivity contribution in [2.45, 2.75) is 18.4 Å². The summed E-state index contributed by atoms with van der Waals surface area (Å²) in [5, 5.41) is 6.25. The molecule has 0 amide bonds. The molecule has 0 bridgehead atoms. The second kappa shape index (κ2) is 11.2. The predicted molar refractivity (Wildman–Crippen MR) is 120 cm³/mol. The Labute approximate surface area is 182 Å². The van der Waals surface area contributed by atoms with Crippen LogP contribution in [0.3, 0.4) is 0 Å². The van der Waals surface area contributed by atoms with Gasteiger partial charge in [0.1, 0.15) is 18.2 Å². The smallest absolute Gasteiger partial charge is 0.191 e. The van der Waals surface area contributed by atoms with Gasteiger partial charge in [-0.3, -0.25) is 4.99 Å². The Kier molecular flexibility index (Phi) is 9.66. The van der Waals surface area contributed by atoms with Gasteiger partial charge in [0.2, 0.25) is 0 Å². The first kappa shape index (κ1) is 24.2. The Morgan fingerprint density at radius 1 is 1.18 bits per heavy atom. The number of guanidine groups is 1. The first-order valence-corrected chi connectivity index (χ1v) is 10.3. The molecule has 0 aliphatic rings. The molecule has 154 valence electrons. The number of hydrogen-bond donors (Lipinski definition) is 2. The van der Waals surface area contributed by atoms with Crippen molar-refractivity contribution in [3.63, 3.8) is 0 Å². The summed E-state index contributed by atoms with van der Waals surface area (Å²) in [5.41, 5.74) is 1.65. The fraction of sp³-hybridized carbons (Fsp3) is 0.316. The maximum Gasteiger partial charge on any atom is 0.191 e. The highest BCUT2D eigenvalue weighted by Crippen LogP contribution is 2.16. The van der Waals surface area contributed by atoms with Gasteiger partial charge < -0.3 is 15.4 Å². The summed E-state index contributed by atoms with van der Waals surface area (Å²) in [4.78, 5) is 4.46. The highest BCUT2D eigenvalue weighted by atomic mass is 127. The van der Waals surface area contributed by atoms with Crippen molar-refractivity contribution in [3.8, 4) is 5.75 Å². The van der Waals surface area contributed by atoms with Crippen molar-refractivity contribution in [2.75, 3.05) is 26.5 Å². The second-order valence-electron chi connectivity index (χ2n) is 6.03. The van der Waals surface area contributed by atoms with E-state index >= 15 is 0 Å². The lowest BCUT2D eigenvalue weighted by atomic mass is 10.1. The van der Waals surface area contributed by atoms with E-state index in [4.69, 9.17) is 4.74 Å². The molecule has 0 saturated carbocycles. The van der Waals surface area contributed by atoms with Gasteiger partial charge in [0.25, 0.3) is 0 Å². The summed E-state index contributed by atoms with van der Waals surface area (Å²) in [6, 6.07) is 11.2. The normalized spacial score (nSPS) is 11.5. The number of aryl methyl sites for hydroxylation is 1. The number of ether oxygens (including phenoxy) is 1. The lowest BCUT2D eigenvalue weighted by Gasteiger charge is -2.13. The van der Waals surface area contributed by atoms with Gasteiger partial charge in [-0.1, -0.05) is 18.2 Å². The Morgan fingerprint density at radius 2 is 1.93 bits per heavy atom. The molecule has 0 saturated heterocycles. The largest absolute Gasteiger partial charge is 0.492 e. The Bertz CT molecular complexity index is 920. The van der Waals surface area contributed by atoms with E-state index < -0.39 is 9.84 Å². The average molecular weight is 521 g/mol. The van der Waals surface area contributed by atoms with E-state index in [-0.39, 0.29) is 29.8 Å². The standard InChI is InChI=1S/C19H24FN3O3S.HI/c1-14-11-15(7-8-18(14)27(3,24)25)13-23-19(21-2)22-9-10-26-17-6-4-5-16(20)12-17;/h4-8,11-12H,9-10,13H2,1-3H3,(H2,21,22,23);1H. The molecule has 0 unspecified atom stereocenters. The van der Waals surface area contributed by atoms with Crippen LogP contribution < -0.4 is 15.4 Å². The summed E-state index contributed by atoms with van der Waals surface area (Å²) >= 11 is 0. The molecule has 2 rings (SSSR count). The first-order valence-electron chi connectivity index (χ1n) is 8.42. The molecule has 0 aromatic heterocycles. The highest BCUT2D eigenvalue weighted by Gasteiger charge is 2.10. The Balaban J connectivity index is 0.00000392. The van der Waals surface area contributed by atoms with Crippen LogP contribution in [0.5, 0.6) is 5.75 Å². The molecule has 0 atom stereocenters. The van der Waals surface area contributed by atoms with Crippen LogP contribution in [0.1, 0.15) is 11.1 Å². The summed E-state index contributed by atoms with van der Waals surface area (Å²) in [6.45, 7) is 3.11. The van der Waals surface area contributed by atoms with Crippen LogP contribution in [0.4, 0.5) is 4.39 Å². The van der Waals surface area contributed by atoms with Crippen LogP contribution in [0.25, 0.3) is 0 Å². The van der Waals surface area contributed by atoms with Crippen LogP contribution in [-0.4, -0.2) is 40.8 Å². The summed E-state index contributed by atoms with van der Waals surface area (Å²) in [5.74, 6) is 0.721. The summed E-state index contributed by atoms with van der Waals surface area (Å²) < 4.78 is 41.9. The molecule has 2 aromatic carbocycles. The third-order valence-corrected chi connectivity index (χ3v) is 5.04. The fourth-order valence-electron chi connectivity index (χ4n) is 2.54. The van der Waals surface area contributed by atoms with Crippen molar-refractivity contribution >= 4 is 39.8 Å². The molecule has 0 radical (unpaired) electrons. The third kappa shape index (κ3) is 7.63. The van der Waals surface area contributed by atoms with Crippen molar-refractivity contribution in [3.05, 3.63) is 59.4 Å². The molecule has 6 nitrogen and oxygen atoms in total. The zero-order valence-electron chi connectivity index (χ0n) is 16.0. The van der Waals surface area contributed by atoms with Crippen molar-refractivity contribution in [1.29, 1.82) is 0 Å². The molecule has 0 spiro atoms. The number of sulfone groups is 1. The average Bonchev–Trinajstić information content (AvgIpc) is 2.60. The molecule has 2 aromatic rings. The van der Waals surface area contributed by atoms with Gasteiger partial charge in [0, 0.05) is 25.9 Å². The number of benzene rings is 2. The number of nitrogens with one attached hydrogen (secondary N) is 2. The van der Waals surface area contributed by atoms with Crippen LogP contribution in [0.15, 0.2) is 52.4 Å². The molecular formula is C19H25FIN3O3S. The molecular weight excluding hydrogens is 496 g/mol. The molecule has 28 heavy (non-hydrogen) atoms. The summed E-state index contributed by atoms with van der Waals surface area (Å²) in [6.07, 6.45) is 1.20. The van der Waals surface area contributed by atoms with Gasteiger partial charge in [-0.15, -0.1) is 24.0 Å². The van der Waals surface area contributed by atoms with E-state index in [0.717, 1.165) is 5.56 Å². The molecule has 0 aliphatic carbocycles. The Morgan fingerprint density at radius 3 is 2.54 bits per heavy atom. The second-order valence-corrected chi connectivity index (χ2v) is 8.01. The first-order chi connectivity index (χ1) is 12.8. The minimum Gasteiger partial charge on any atom is -0.492 e. The van der Waals surface area contributed by atoms with Gasteiger partial charge in [-0.2, -0.15) is 0 Å². The lowest BCUT2D eigenvalue weighted by molar-refractivity contribution is 0.320. The summed E-state index contributed by atoms with van der Waals surface area (Å²) in [7, 11) is -1.57. The van der Waals surface area contributed by atoms with Gasteiger partial charge in [-0.05, 0) is 36.2 Å². The van der Waals surface area contributed by atoms with Crippen LogP contribution in [0, 0.1) is 12.7 Å². The fourth-order valence-corrected chi connectivity index (χ4v) is 3.50. The van der Waals surface area contributed by atoms with Gasteiger partial charge in [0.05, 0.1) is 11.4 Å². The number of aliphatic imine (C=N–C) groups is 1. The molecule has 9 heteroatoms. The number of halogens is 2. The third-order valence-electron chi connectivity index (χ3n) is 3.78. The van der Waals surface area contributed by atoms with E-state index in [2.05, 4.69) is 15.6 Å². The monoisotopic (exact) mass is 521 g/mol. The van der Waals surface area contributed by atoms with E-state index in [1.807, 2.05) is 6.07 Å². The molecule has 0 fully saturated rings. The van der Waals surface area contributed by atoms with E-state index in [9.17, 15) is 12.8 Å². The molecule has 2 N–H and O–H groups in total. The van der Waals surface area contributed by atoms with E-state index in [0.29, 0.717) is 41.9 Å². The number of rotatable bonds is 7. The lowest BCUT2D eigenvalue weighted by Crippen LogP contribution is -2.38. The predicted octanol–water partition coefficient (Wildman–Crippen LogP) is 2.90. The van der Waals surface area contributed by atoms with Crippen molar-refractivity contribution in [1.82, 2.24) is 10.6 Å². The molecule has 0 aliphatic heterocycles. The maximum absolute atomic E-state index is 13.1. The maximum atomic E-state index is 13.1. The van der Waals surface area contributed by atoms with E-state index in [1.54, 1.807) is 38.2 Å². The topological polar surface area (TPSA) is 79.8 Å². The van der Waals surface area contributed by atoms with E-state index in [1.165, 1.54) is 18.4 Å². The minimum absolute atomic E-state index is 0. The number of nitrogens with zero attached hydrogens (tertiary/aromatic N) is 1. The SMILES string of the molecule is CN=C(NCCOc1cccc(F)c1)NCc1ccc(S(C)(=O)=O)c(C)c1.I.